The highest BCUT2D eigenvalue weighted by Crippen LogP contribution is 2.26. The van der Waals surface area contributed by atoms with Crippen molar-refractivity contribution in [1.29, 1.82) is 0 Å². The molecule has 204 valence electrons. The van der Waals surface area contributed by atoms with E-state index in [9.17, 15) is 13.2 Å². The number of hydrogen-bond acceptors (Lipinski definition) is 8. The zero-order valence-electron chi connectivity index (χ0n) is 21.9. The molecule has 0 unspecified atom stereocenters. The Morgan fingerprint density at radius 1 is 1.00 bits per heavy atom. The molecular formula is C28H28N8O3S. The number of nitrogens with zero attached hydrogens (tertiary/aromatic N) is 4. The van der Waals surface area contributed by atoms with E-state index < -0.39 is 10.0 Å². The van der Waals surface area contributed by atoms with Gasteiger partial charge in [-0.05, 0) is 47.5 Å². The molecule has 0 saturated carbocycles. The third-order valence-electron chi connectivity index (χ3n) is 6.25. The van der Waals surface area contributed by atoms with E-state index in [-0.39, 0.29) is 5.91 Å². The first-order valence-corrected chi connectivity index (χ1v) is 14.3. The predicted molar refractivity (Wildman–Crippen MR) is 156 cm³/mol. The van der Waals surface area contributed by atoms with Crippen LogP contribution in [0.1, 0.15) is 21.5 Å². The molecule has 12 heteroatoms. The molecule has 0 aliphatic carbocycles. The van der Waals surface area contributed by atoms with E-state index in [1.165, 1.54) is 17.6 Å². The van der Waals surface area contributed by atoms with E-state index >= 15 is 0 Å². The monoisotopic (exact) mass is 556 g/mol. The summed E-state index contributed by atoms with van der Waals surface area (Å²) in [6.45, 7) is 0.703. The number of benzene rings is 2. The third kappa shape index (κ3) is 6.18. The lowest BCUT2D eigenvalue weighted by Crippen LogP contribution is -2.26. The van der Waals surface area contributed by atoms with Crippen LogP contribution in [0.5, 0.6) is 0 Å². The Hall–Kier alpha value is -4.97. The smallest absolute Gasteiger partial charge is 0.251 e. The Kier molecular flexibility index (Phi) is 7.60. The molecule has 5 aromatic rings. The van der Waals surface area contributed by atoms with E-state index in [1.54, 1.807) is 48.9 Å². The highest BCUT2D eigenvalue weighted by atomic mass is 32.2. The lowest BCUT2D eigenvalue weighted by atomic mass is 10.1. The number of aromatic nitrogens is 4. The van der Waals surface area contributed by atoms with Gasteiger partial charge in [0.25, 0.3) is 5.91 Å². The average Bonchev–Trinajstić information content (AvgIpc) is 3.43. The molecule has 0 bridgehead atoms. The fourth-order valence-corrected chi connectivity index (χ4v) is 4.65. The fraction of sp³-hybridized carbons (Fsp3) is 0.143. The molecule has 0 spiro atoms. The van der Waals surface area contributed by atoms with Crippen LogP contribution in [0.25, 0.3) is 11.0 Å². The zero-order valence-corrected chi connectivity index (χ0v) is 22.7. The molecule has 0 aliphatic rings. The number of H-pyrrole nitrogens is 1. The minimum absolute atomic E-state index is 0.215. The summed E-state index contributed by atoms with van der Waals surface area (Å²) >= 11 is 0. The molecule has 3 heterocycles. The first kappa shape index (κ1) is 26.6. The lowest BCUT2D eigenvalue weighted by Gasteiger charge is -2.20. The zero-order chi connectivity index (χ0) is 28.1. The summed E-state index contributed by atoms with van der Waals surface area (Å²) in [5, 5.41) is 10.2. The molecule has 0 atom stereocenters. The second-order valence-electron chi connectivity index (χ2n) is 9.10. The van der Waals surface area contributed by atoms with Gasteiger partial charge in [0.2, 0.25) is 16.0 Å². The van der Waals surface area contributed by atoms with Gasteiger partial charge in [-0.1, -0.05) is 30.3 Å². The minimum atomic E-state index is -3.42. The van der Waals surface area contributed by atoms with Crippen molar-refractivity contribution in [2.24, 2.45) is 0 Å². The number of hydrogen-bond donors (Lipinski definition) is 4. The van der Waals surface area contributed by atoms with Gasteiger partial charge in [0, 0.05) is 50.0 Å². The number of sulfonamides is 1. The maximum absolute atomic E-state index is 12.7. The van der Waals surface area contributed by atoms with Crippen LogP contribution in [-0.2, 0) is 23.1 Å². The van der Waals surface area contributed by atoms with Crippen LogP contribution >= 0.6 is 0 Å². The second-order valence-corrected chi connectivity index (χ2v) is 11.1. The number of anilines is 4. The molecule has 0 aliphatic heterocycles. The quantitative estimate of drug-likeness (QED) is 0.202. The molecule has 40 heavy (non-hydrogen) atoms. The Bertz CT molecular complexity index is 1760. The first-order valence-electron chi connectivity index (χ1n) is 12.4. The number of fused-ring (bicyclic) bond motifs is 1. The summed E-state index contributed by atoms with van der Waals surface area (Å²) < 4.78 is 25.5. The third-order valence-corrected chi connectivity index (χ3v) is 7.44. The van der Waals surface area contributed by atoms with Crippen molar-refractivity contribution >= 4 is 50.1 Å². The number of aromatic amines is 1. The van der Waals surface area contributed by atoms with Crippen molar-refractivity contribution in [2.45, 2.75) is 13.1 Å². The SMILES string of the molecule is CN(c1ccccc1CNc1nc(Nc2cccc(C(=O)NCc3cccnc3)c2)nc2[nH]ccc12)S(C)(=O)=O. The Labute approximate surface area is 231 Å². The van der Waals surface area contributed by atoms with Crippen molar-refractivity contribution in [3.8, 4) is 0 Å². The van der Waals surface area contributed by atoms with Gasteiger partial charge < -0.3 is 20.9 Å². The maximum Gasteiger partial charge on any atom is 0.251 e. The number of carbonyl (C=O) groups excluding carboxylic acids is 1. The summed E-state index contributed by atoms with van der Waals surface area (Å²) in [5.41, 5.74) is 4.02. The van der Waals surface area contributed by atoms with Gasteiger partial charge in [0.15, 0.2) is 0 Å². The van der Waals surface area contributed by atoms with Gasteiger partial charge in [-0.2, -0.15) is 9.97 Å². The van der Waals surface area contributed by atoms with Crippen LogP contribution in [0.15, 0.2) is 85.3 Å². The Morgan fingerprint density at radius 2 is 1.85 bits per heavy atom. The number of nitrogens with one attached hydrogen (secondary N) is 4. The summed E-state index contributed by atoms with van der Waals surface area (Å²) in [7, 11) is -1.90. The van der Waals surface area contributed by atoms with Crippen LogP contribution in [0.3, 0.4) is 0 Å². The summed E-state index contributed by atoms with van der Waals surface area (Å²) in [6, 6.07) is 19.9. The molecule has 1 amide bonds. The van der Waals surface area contributed by atoms with Crippen LogP contribution < -0.4 is 20.3 Å². The first-order chi connectivity index (χ1) is 19.3. The summed E-state index contributed by atoms with van der Waals surface area (Å²) in [6.07, 6.45) is 6.33. The number of amides is 1. The van der Waals surface area contributed by atoms with E-state index in [2.05, 4.69) is 35.9 Å². The number of carbonyl (C=O) groups is 1. The molecule has 4 N–H and O–H groups in total. The van der Waals surface area contributed by atoms with Gasteiger partial charge in [0.05, 0.1) is 17.3 Å². The molecule has 2 aromatic carbocycles. The van der Waals surface area contributed by atoms with E-state index in [0.29, 0.717) is 47.4 Å². The van der Waals surface area contributed by atoms with Crippen LogP contribution in [0.2, 0.25) is 0 Å². The van der Waals surface area contributed by atoms with Crippen molar-refractivity contribution in [3.63, 3.8) is 0 Å². The second kappa shape index (κ2) is 11.4. The predicted octanol–water partition coefficient (Wildman–Crippen LogP) is 4.03. The van der Waals surface area contributed by atoms with Gasteiger partial charge >= 0.3 is 0 Å². The Balaban J connectivity index is 1.34. The lowest BCUT2D eigenvalue weighted by molar-refractivity contribution is 0.0951. The van der Waals surface area contributed by atoms with Gasteiger partial charge in [0.1, 0.15) is 11.5 Å². The number of para-hydroxylation sites is 1. The van der Waals surface area contributed by atoms with Gasteiger partial charge in [-0.25, -0.2) is 8.42 Å². The highest BCUT2D eigenvalue weighted by molar-refractivity contribution is 7.92. The fourth-order valence-electron chi connectivity index (χ4n) is 4.11. The minimum Gasteiger partial charge on any atom is -0.365 e. The molecular weight excluding hydrogens is 528 g/mol. The molecule has 5 rings (SSSR count). The van der Waals surface area contributed by atoms with Crippen molar-refractivity contribution in [2.75, 3.05) is 28.2 Å². The van der Waals surface area contributed by atoms with Crippen LogP contribution in [0.4, 0.5) is 23.1 Å². The average molecular weight is 557 g/mol. The van der Waals surface area contributed by atoms with Gasteiger partial charge in [-0.3, -0.25) is 14.1 Å². The number of pyridine rings is 1. The molecule has 0 saturated heterocycles. The molecule has 11 nitrogen and oxygen atoms in total. The molecule has 0 fully saturated rings. The summed E-state index contributed by atoms with van der Waals surface area (Å²) in [4.78, 5) is 29.1. The van der Waals surface area contributed by atoms with E-state index in [4.69, 9.17) is 0 Å². The highest BCUT2D eigenvalue weighted by Gasteiger charge is 2.16. The van der Waals surface area contributed by atoms with Gasteiger partial charge in [-0.15, -0.1) is 0 Å². The van der Waals surface area contributed by atoms with Crippen molar-refractivity contribution in [3.05, 3.63) is 102 Å². The van der Waals surface area contributed by atoms with E-state index in [0.717, 1.165) is 16.5 Å². The Morgan fingerprint density at radius 3 is 2.65 bits per heavy atom. The standard InChI is InChI=1S/C28H28N8O3S/c1-36(40(2,38)39)24-11-4-3-8-21(24)18-31-26-23-12-14-30-25(23)34-28(35-26)33-22-10-5-9-20(15-22)27(37)32-17-19-7-6-13-29-16-19/h3-16H,17-18H2,1-2H3,(H,32,37)(H3,30,31,33,34,35). The normalized spacial score (nSPS) is 11.2. The molecule has 3 aromatic heterocycles. The largest absolute Gasteiger partial charge is 0.365 e. The van der Waals surface area contributed by atoms with E-state index in [1.807, 2.05) is 36.4 Å². The molecule has 0 radical (unpaired) electrons. The summed E-state index contributed by atoms with van der Waals surface area (Å²) in [5.74, 6) is 0.677. The number of rotatable bonds is 10. The van der Waals surface area contributed by atoms with Crippen molar-refractivity contribution < 1.29 is 13.2 Å². The maximum atomic E-state index is 12.7. The van der Waals surface area contributed by atoms with Crippen molar-refractivity contribution in [1.82, 2.24) is 25.3 Å². The topological polar surface area (TPSA) is 145 Å². The van der Waals surface area contributed by atoms with Crippen LogP contribution in [0, 0.1) is 0 Å². The van der Waals surface area contributed by atoms with Crippen LogP contribution in [-0.4, -0.2) is 47.6 Å².